The number of amides is 1. The van der Waals surface area contributed by atoms with Gasteiger partial charge in [-0.3, -0.25) is 0 Å². The minimum atomic E-state index is -0.290. The Labute approximate surface area is 159 Å². The molecular formula is C22H26N2O3. The van der Waals surface area contributed by atoms with E-state index in [0.29, 0.717) is 25.6 Å². The molecule has 0 bridgehead atoms. The number of hydrogen-bond donors (Lipinski definition) is 1. The highest BCUT2D eigenvalue weighted by Crippen LogP contribution is 2.21. The van der Waals surface area contributed by atoms with Crippen molar-refractivity contribution < 1.29 is 14.6 Å². The third-order valence-electron chi connectivity index (χ3n) is 4.41. The van der Waals surface area contributed by atoms with Gasteiger partial charge in [0.2, 0.25) is 0 Å². The van der Waals surface area contributed by atoms with Crippen LogP contribution in [0.5, 0.6) is 5.75 Å². The zero-order valence-electron chi connectivity index (χ0n) is 15.8. The first-order chi connectivity index (χ1) is 13.0. The second kappa shape index (κ2) is 8.62. The topological polar surface area (TPSA) is 54.7 Å². The van der Waals surface area contributed by atoms with Crippen LogP contribution >= 0.6 is 0 Å². The predicted octanol–water partition coefficient (Wildman–Crippen LogP) is 4.64. The molecule has 1 aromatic heterocycles. The summed E-state index contributed by atoms with van der Waals surface area (Å²) in [5.41, 5.74) is 2.02. The molecule has 1 amide bonds. The largest absolute Gasteiger partial charge is 0.508 e. The van der Waals surface area contributed by atoms with Gasteiger partial charge in [0.05, 0.1) is 0 Å². The lowest BCUT2D eigenvalue weighted by Crippen LogP contribution is -2.37. The molecule has 142 valence electrons. The van der Waals surface area contributed by atoms with Crippen LogP contribution in [-0.2, 0) is 17.9 Å². The van der Waals surface area contributed by atoms with Gasteiger partial charge in [-0.2, -0.15) is 0 Å². The average Bonchev–Trinajstić information content (AvgIpc) is 3.05. The molecule has 0 saturated heterocycles. The Morgan fingerprint density at radius 1 is 1.15 bits per heavy atom. The number of carbonyl (C=O) groups is 1. The van der Waals surface area contributed by atoms with Crippen LogP contribution in [0.15, 0.2) is 60.8 Å². The van der Waals surface area contributed by atoms with Gasteiger partial charge < -0.3 is 19.3 Å². The summed E-state index contributed by atoms with van der Waals surface area (Å²) in [5.74, 6) is 0.610. The van der Waals surface area contributed by atoms with E-state index in [1.54, 1.807) is 17.0 Å². The van der Waals surface area contributed by atoms with Gasteiger partial charge in [0.25, 0.3) is 0 Å². The second-order valence-corrected chi connectivity index (χ2v) is 7.13. The molecule has 2 aromatic carbocycles. The minimum Gasteiger partial charge on any atom is -0.508 e. The zero-order chi connectivity index (χ0) is 19.2. The smallest absolute Gasteiger partial charge is 0.410 e. The molecule has 0 saturated carbocycles. The normalized spacial score (nSPS) is 11.1. The summed E-state index contributed by atoms with van der Waals surface area (Å²) < 4.78 is 7.60. The van der Waals surface area contributed by atoms with E-state index in [2.05, 4.69) is 18.4 Å². The lowest BCUT2D eigenvalue weighted by molar-refractivity contribution is 0.0907. The fourth-order valence-electron chi connectivity index (χ4n) is 3.12. The SMILES string of the molecule is CC(C)CN(CCn1ccc2cc(O)ccc21)C(=O)OCc1ccccc1. The summed E-state index contributed by atoms with van der Waals surface area (Å²) in [6, 6.07) is 17.0. The Morgan fingerprint density at radius 3 is 2.67 bits per heavy atom. The van der Waals surface area contributed by atoms with Crippen molar-refractivity contribution in [2.75, 3.05) is 13.1 Å². The molecule has 3 aromatic rings. The number of carbonyl (C=O) groups excluding carboxylic acids is 1. The monoisotopic (exact) mass is 366 g/mol. The van der Waals surface area contributed by atoms with Gasteiger partial charge >= 0.3 is 6.09 Å². The van der Waals surface area contributed by atoms with E-state index in [0.717, 1.165) is 16.5 Å². The molecule has 0 fully saturated rings. The molecule has 0 radical (unpaired) electrons. The van der Waals surface area contributed by atoms with Crippen LogP contribution in [0.2, 0.25) is 0 Å². The van der Waals surface area contributed by atoms with Crippen molar-refractivity contribution in [3.05, 3.63) is 66.4 Å². The van der Waals surface area contributed by atoms with Crippen LogP contribution in [-0.4, -0.2) is 33.8 Å². The molecule has 5 heteroatoms. The van der Waals surface area contributed by atoms with Crippen molar-refractivity contribution in [3.8, 4) is 5.75 Å². The first-order valence-electron chi connectivity index (χ1n) is 9.26. The Hall–Kier alpha value is -2.95. The highest BCUT2D eigenvalue weighted by atomic mass is 16.6. The standard InChI is InChI=1S/C22H26N2O3/c1-17(2)15-24(22(26)27-16-18-6-4-3-5-7-18)13-12-23-11-10-19-14-20(25)8-9-21(19)23/h3-11,14,17,25H,12-13,15-16H2,1-2H3. The summed E-state index contributed by atoms with van der Waals surface area (Å²) in [6.45, 7) is 6.34. The lowest BCUT2D eigenvalue weighted by atomic mass is 10.2. The number of phenolic OH excluding ortho intramolecular Hbond substituents is 1. The number of nitrogens with zero attached hydrogens (tertiary/aromatic N) is 2. The Kier molecular flexibility index (Phi) is 6.01. The van der Waals surface area contributed by atoms with Crippen LogP contribution in [0.3, 0.4) is 0 Å². The van der Waals surface area contributed by atoms with Gasteiger partial charge in [0.1, 0.15) is 12.4 Å². The second-order valence-electron chi connectivity index (χ2n) is 7.13. The van der Waals surface area contributed by atoms with Gasteiger partial charge in [-0.05, 0) is 35.7 Å². The summed E-state index contributed by atoms with van der Waals surface area (Å²) >= 11 is 0. The third kappa shape index (κ3) is 5.03. The van der Waals surface area contributed by atoms with Crippen molar-refractivity contribution >= 4 is 17.0 Å². The Balaban J connectivity index is 1.64. The number of ether oxygens (including phenoxy) is 1. The number of phenols is 1. The maximum Gasteiger partial charge on any atom is 0.410 e. The molecule has 0 aliphatic carbocycles. The van der Waals surface area contributed by atoms with Crippen LogP contribution in [0.25, 0.3) is 10.9 Å². The molecule has 3 rings (SSSR count). The number of fused-ring (bicyclic) bond motifs is 1. The summed E-state index contributed by atoms with van der Waals surface area (Å²) in [5, 5.41) is 10.6. The van der Waals surface area contributed by atoms with Crippen molar-refractivity contribution in [3.63, 3.8) is 0 Å². The lowest BCUT2D eigenvalue weighted by Gasteiger charge is -2.24. The molecule has 5 nitrogen and oxygen atoms in total. The Morgan fingerprint density at radius 2 is 1.93 bits per heavy atom. The molecule has 1 N–H and O–H groups in total. The minimum absolute atomic E-state index is 0.256. The molecule has 0 atom stereocenters. The molecular weight excluding hydrogens is 340 g/mol. The van der Waals surface area contributed by atoms with E-state index in [1.165, 1.54) is 0 Å². The third-order valence-corrected chi connectivity index (χ3v) is 4.41. The Bertz CT molecular complexity index is 887. The molecule has 0 spiro atoms. The predicted molar refractivity (Wildman–Crippen MR) is 107 cm³/mol. The maximum atomic E-state index is 12.6. The zero-order valence-corrected chi connectivity index (χ0v) is 15.8. The van der Waals surface area contributed by atoms with Crippen molar-refractivity contribution in [2.24, 2.45) is 5.92 Å². The highest BCUT2D eigenvalue weighted by molar-refractivity contribution is 5.81. The fourth-order valence-corrected chi connectivity index (χ4v) is 3.12. The average molecular weight is 366 g/mol. The quantitative estimate of drug-likeness (QED) is 0.663. The van der Waals surface area contributed by atoms with E-state index in [9.17, 15) is 9.90 Å². The van der Waals surface area contributed by atoms with Gasteiger partial charge in [0, 0.05) is 36.7 Å². The number of hydrogen-bond acceptors (Lipinski definition) is 3. The van der Waals surface area contributed by atoms with Crippen LogP contribution < -0.4 is 0 Å². The van der Waals surface area contributed by atoms with E-state index in [4.69, 9.17) is 4.74 Å². The maximum absolute atomic E-state index is 12.6. The van der Waals surface area contributed by atoms with Gasteiger partial charge in [-0.1, -0.05) is 44.2 Å². The molecule has 1 heterocycles. The highest BCUT2D eigenvalue weighted by Gasteiger charge is 2.17. The van der Waals surface area contributed by atoms with E-state index >= 15 is 0 Å². The van der Waals surface area contributed by atoms with Crippen LogP contribution in [0.4, 0.5) is 4.79 Å². The summed E-state index contributed by atoms with van der Waals surface area (Å²) in [7, 11) is 0. The van der Waals surface area contributed by atoms with Gasteiger partial charge in [-0.25, -0.2) is 4.79 Å². The summed E-state index contributed by atoms with van der Waals surface area (Å²) in [6.07, 6.45) is 1.69. The number of benzene rings is 2. The van der Waals surface area contributed by atoms with Crippen LogP contribution in [0, 0.1) is 5.92 Å². The first-order valence-corrected chi connectivity index (χ1v) is 9.26. The van der Waals surface area contributed by atoms with Gasteiger partial charge in [-0.15, -0.1) is 0 Å². The summed E-state index contributed by atoms with van der Waals surface area (Å²) in [4.78, 5) is 14.3. The number of rotatable bonds is 7. The first kappa shape index (κ1) is 18.8. The van der Waals surface area contributed by atoms with Crippen LogP contribution in [0.1, 0.15) is 19.4 Å². The van der Waals surface area contributed by atoms with E-state index in [-0.39, 0.29) is 18.4 Å². The molecule has 0 aliphatic rings. The number of aromatic nitrogens is 1. The number of aromatic hydroxyl groups is 1. The van der Waals surface area contributed by atoms with Crippen molar-refractivity contribution in [1.29, 1.82) is 0 Å². The molecule has 0 aliphatic heterocycles. The molecule has 0 unspecified atom stereocenters. The van der Waals surface area contributed by atoms with E-state index < -0.39 is 0 Å². The van der Waals surface area contributed by atoms with E-state index in [1.807, 2.05) is 48.7 Å². The fraction of sp³-hybridized carbons (Fsp3) is 0.318. The van der Waals surface area contributed by atoms with Crippen molar-refractivity contribution in [1.82, 2.24) is 9.47 Å². The van der Waals surface area contributed by atoms with Gasteiger partial charge in [0.15, 0.2) is 0 Å². The molecule has 27 heavy (non-hydrogen) atoms. The van der Waals surface area contributed by atoms with Crippen molar-refractivity contribution in [2.45, 2.75) is 27.0 Å².